The van der Waals surface area contributed by atoms with E-state index in [9.17, 15) is 0 Å². The Morgan fingerprint density at radius 1 is 0.281 bits per heavy atom. The van der Waals surface area contributed by atoms with Crippen LogP contribution in [0.4, 0.5) is 0 Å². The minimum absolute atomic E-state index is 1.19. The lowest BCUT2D eigenvalue weighted by atomic mass is 9.91. The molecule has 0 atom stereocenters. The van der Waals surface area contributed by atoms with Crippen molar-refractivity contribution < 1.29 is 0 Å². The van der Waals surface area contributed by atoms with Crippen LogP contribution in [0.15, 0.2) is 217 Å². The average molecular weight is 763 g/mol. The van der Waals surface area contributed by atoms with Gasteiger partial charge in [0, 0.05) is 25.1 Å². The van der Waals surface area contributed by atoms with E-state index >= 15 is 0 Å². The highest BCUT2D eigenvalue weighted by molar-refractivity contribution is 7.98. The lowest BCUT2D eigenvalue weighted by Gasteiger charge is -2.14. The normalized spacial score (nSPS) is 11.3. The Kier molecular flexibility index (Phi) is 9.36. The first-order valence-electron chi connectivity index (χ1n) is 19.3. The second-order valence-electron chi connectivity index (χ2n) is 14.5. The van der Waals surface area contributed by atoms with E-state index in [2.05, 4.69) is 219 Å². The maximum Gasteiger partial charge on any atom is 0.0361 e. The third-order valence-electron chi connectivity index (χ3n) is 11.0. The van der Waals surface area contributed by atoms with Gasteiger partial charge in [-0.05, 0) is 139 Å². The van der Waals surface area contributed by atoms with Gasteiger partial charge >= 0.3 is 0 Å². The van der Waals surface area contributed by atoms with Crippen molar-refractivity contribution in [1.82, 2.24) is 0 Å². The summed E-state index contributed by atoms with van der Waals surface area (Å²) in [4.78, 5) is 1.29. The van der Waals surface area contributed by atoms with Gasteiger partial charge in [-0.25, -0.2) is 0 Å². The Morgan fingerprint density at radius 2 is 0.667 bits per heavy atom. The molecule has 0 aliphatic heterocycles. The van der Waals surface area contributed by atoms with E-state index in [0.29, 0.717) is 0 Å². The number of fused-ring (bicyclic) bond motifs is 3. The topological polar surface area (TPSA) is 0 Å². The molecule has 0 aliphatic carbocycles. The van der Waals surface area contributed by atoms with Crippen molar-refractivity contribution in [3.63, 3.8) is 0 Å². The largest absolute Gasteiger partial charge is 0.135 e. The van der Waals surface area contributed by atoms with E-state index in [1.54, 1.807) is 11.8 Å². The smallest absolute Gasteiger partial charge is 0.0361 e. The molecule has 0 saturated carbocycles. The SMILES string of the molecule is CSc1ccccc1-c1ccc(-c2cc(-c3ccccc3)cc(-c3ccc(-c4cc(-c5ccccc5)cc(-c5ccc6c(c5)sc5ccccc56)c4)cc3)c2)cc1. The molecule has 0 amide bonds. The van der Waals surface area contributed by atoms with Crippen LogP contribution in [0.25, 0.3) is 98.1 Å². The van der Waals surface area contributed by atoms with Gasteiger partial charge < -0.3 is 0 Å². The quantitative estimate of drug-likeness (QED) is 0.139. The van der Waals surface area contributed by atoms with Gasteiger partial charge in [-0.15, -0.1) is 23.1 Å². The van der Waals surface area contributed by atoms with Gasteiger partial charge in [0.1, 0.15) is 0 Å². The monoisotopic (exact) mass is 762 g/mol. The van der Waals surface area contributed by atoms with Crippen molar-refractivity contribution in [2.75, 3.05) is 6.26 Å². The fraction of sp³-hybridized carbons (Fsp3) is 0.0182. The molecule has 270 valence electrons. The summed E-state index contributed by atoms with van der Waals surface area (Å²) in [5, 5.41) is 2.65. The highest BCUT2D eigenvalue weighted by Crippen LogP contribution is 2.40. The zero-order chi connectivity index (χ0) is 38.1. The standard InChI is InChI=1S/C55H38S2/c1-56-53-18-10-8-16-50(53)42-26-24-41(25-27-42)47-31-44(37-12-4-2-5-13-37)30-46(33-47)39-20-22-40(23-21-39)48-32-45(38-14-6-3-7-15-38)34-49(35-48)43-28-29-52-51-17-9-11-19-54(51)57-55(52)36-43/h2-36H,1H3. The van der Waals surface area contributed by atoms with Crippen LogP contribution in [-0.4, -0.2) is 6.26 Å². The summed E-state index contributed by atoms with van der Waals surface area (Å²) in [7, 11) is 0. The van der Waals surface area contributed by atoms with Gasteiger partial charge in [-0.3, -0.25) is 0 Å². The predicted molar refractivity (Wildman–Crippen MR) is 249 cm³/mol. The van der Waals surface area contributed by atoms with Crippen LogP contribution in [0.2, 0.25) is 0 Å². The van der Waals surface area contributed by atoms with Crippen LogP contribution in [0.5, 0.6) is 0 Å². The van der Waals surface area contributed by atoms with Crippen molar-refractivity contribution in [1.29, 1.82) is 0 Å². The Hall–Kier alpha value is -6.45. The van der Waals surface area contributed by atoms with Gasteiger partial charge in [-0.1, -0.05) is 158 Å². The summed E-state index contributed by atoms with van der Waals surface area (Å²) in [5.74, 6) is 0. The van der Waals surface area contributed by atoms with E-state index in [1.165, 1.54) is 103 Å². The lowest BCUT2D eigenvalue weighted by Crippen LogP contribution is -1.88. The molecule has 0 N–H and O–H groups in total. The number of thiophene rings is 1. The predicted octanol–water partition coefficient (Wildman–Crippen LogP) is 16.4. The van der Waals surface area contributed by atoms with Crippen molar-refractivity contribution >= 4 is 43.3 Å². The molecule has 0 saturated heterocycles. The van der Waals surface area contributed by atoms with Crippen molar-refractivity contribution in [3.8, 4) is 77.9 Å². The maximum absolute atomic E-state index is 2.37. The molecule has 1 heterocycles. The summed E-state index contributed by atoms with van der Waals surface area (Å²) in [6, 6.07) is 77.9. The zero-order valence-corrected chi connectivity index (χ0v) is 33.2. The molecule has 1 aromatic heterocycles. The van der Waals surface area contributed by atoms with Crippen LogP contribution < -0.4 is 0 Å². The molecule has 57 heavy (non-hydrogen) atoms. The van der Waals surface area contributed by atoms with Crippen LogP contribution >= 0.6 is 23.1 Å². The van der Waals surface area contributed by atoms with Crippen LogP contribution in [-0.2, 0) is 0 Å². The Labute approximate surface area is 342 Å². The fourth-order valence-corrected chi connectivity index (χ4v) is 9.77. The minimum atomic E-state index is 1.19. The number of thioether (sulfide) groups is 1. The molecule has 10 rings (SSSR count). The van der Waals surface area contributed by atoms with Gasteiger partial charge in [0.2, 0.25) is 0 Å². The Bertz CT molecular complexity index is 3010. The fourth-order valence-electron chi connectivity index (χ4n) is 8.00. The molecule has 0 unspecified atom stereocenters. The van der Waals surface area contributed by atoms with Crippen LogP contribution in [0, 0.1) is 0 Å². The molecule has 0 spiro atoms. The highest BCUT2D eigenvalue weighted by atomic mass is 32.2. The molecular formula is C55H38S2. The molecule has 10 aromatic rings. The van der Waals surface area contributed by atoms with E-state index in [4.69, 9.17) is 0 Å². The molecule has 0 fully saturated rings. The van der Waals surface area contributed by atoms with E-state index in [-0.39, 0.29) is 0 Å². The molecule has 0 nitrogen and oxygen atoms in total. The first-order chi connectivity index (χ1) is 28.2. The summed E-state index contributed by atoms with van der Waals surface area (Å²) in [5.41, 5.74) is 17.0. The molecule has 0 aliphatic rings. The third kappa shape index (κ3) is 7.00. The Balaban J connectivity index is 1.03. The minimum Gasteiger partial charge on any atom is -0.135 e. The molecule has 2 heteroatoms. The Morgan fingerprint density at radius 3 is 1.19 bits per heavy atom. The summed E-state index contributed by atoms with van der Waals surface area (Å²) < 4.78 is 2.65. The zero-order valence-electron chi connectivity index (χ0n) is 31.5. The van der Waals surface area contributed by atoms with Gasteiger partial charge in [-0.2, -0.15) is 0 Å². The van der Waals surface area contributed by atoms with E-state index in [1.807, 2.05) is 11.3 Å². The lowest BCUT2D eigenvalue weighted by molar-refractivity contribution is 1.45. The number of benzene rings is 9. The summed E-state index contributed by atoms with van der Waals surface area (Å²) in [6.07, 6.45) is 2.14. The first kappa shape index (κ1) is 35.0. The molecular weight excluding hydrogens is 725 g/mol. The number of hydrogen-bond donors (Lipinski definition) is 0. The molecule has 0 bridgehead atoms. The van der Waals surface area contributed by atoms with Crippen molar-refractivity contribution in [3.05, 3.63) is 212 Å². The third-order valence-corrected chi connectivity index (χ3v) is 12.9. The van der Waals surface area contributed by atoms with E-state index in [0.717, 1.165) is 0 Å². The summed E-state index contributed by atoms with van der Waals surface area (Å²) in [6.45, 7) is 0. The second-order valence-corrected chi connectivity index (χ2v) is 16.4. The maximum atomic E-state index is 2.37. The van der Waals surface area contributed by atoms with Crippen LogP contribution in [0.1, 0.15) is 0 Å². The number of rotatable bonds is 8. The van der Waals surface area contributed by atoms with E-state index < -0.39 is 0 Å². The molecule has 9 aromatic carbocycles. The van der Waals surface area contributed by atoms with Gasteiger partial charge in [0.25, 0.3) is 0 Å². The second kappa shape index (κ2) is 15.2. The first-order valence-corrected chi connectivity index (χ1v) is 21.4. The van der Waals surface area contributed by atoms with Crippen molar-refractivity contribution in [2.45, 2.75) is 4.90 Å². The number of hydrogen-bond acceptors (Lipinski definition) is 2. The summed E-state index contributed by atoms with van der Waals surface area (Å²) >= 11 is 3.66. The average Bonchev–Trinajstić information content (AvgIpc) is 3.67. The van der Waals surface area contributed by atoms with Gasteiger partial charge in [0.15, 0.2) is 0 Å². The van der Waals surface area contributed by atoms with Crippen molar-refractivity contribution in [2.24, 2.45) is 0 Å². The molecule has 0 radical (unpaired) electrons. The van der Waals surface area contributed by atoms with Gasteiger partial charge in [0.05, 0.1) is 0 Å². The highest BCUT2D eigenvalue weighted by Gasteiger charge is 2.13. The van der Waals surface area contributed by atoms with Crippen LogP contribution in [0.3, 0.4) is 0 Å².